The molecule has 2 rings (SSSR count). The number of rotatable bonds is 3. The fraction of sp³-hybridized carbons (Fsp3) is 0.455. The van der Waals surface area contributed by atoms with E-state index in [0.717, 1.165) is 25.1 Å². The number of halogens is 2. The summed E-state index contributed by atoms with van der Waals surface area (Å²) in [7, 11) is -3.65. The molecule has 1 aliphatic heterocycles. The van der Waals surface area contributed by atoms with Crippen molar-refractivity contribution in [2.45, 2.75) is 23.8 Å². The Morgan fingerprint density at radius 1 is 1.50 bits per heavy atom. The summed E-state index contributed by atoms with van der Waals surface area (Å²) in [4.78, 5) is 0.0528. The van der Waals surface area contributed by atoms with Gasteiger partial charge in [0.2, 0.25) is 10.0 Å². The Hall–Kier alpha value is -0.500. The molecule has 2 N–H and O–H groups in total. The summed E-state index contributed by atoms with van der Waals surface area (Å²) in [5.74, 6) is -0.477. The first-order chi connectivity index (χ1) is 8.32. The summed E-state index contributed by atoms with van der Waals surface area (Å²) >= 11 is 3.08. The van der Waals surface area contributed by atoms with E-state index in [2.05, 4.69) is 26.0 Å². The average Bonchev–Trinajstić information content (AvgIpc) is 2.62. The SMILES string of the molecule is CC1(NS(=O)(=O)c2ccc(F)cc2Br)CCNC1. The zero-order valence-corrected chi connectivity index (χ0v) is 12.2. The predicted octanol–water partition coefficient (Wildman–Crippen LogP) is 1.62. The van der Waals surface area contributed by atoms with Crippen molar-refractivity contribution in [1.82, 2.24) is 10.0 Å². The van der Waals surface area contributed by atoms with E-state index in [0.29, 0.717) is 6.54 Å². The van der Waals surface area contributed by atoms with E-state index >= 15 is 0 Å². The maximum atomic E-state index is 13.0. The first-order valence-corrected chi connectivity index (χ1v) is 7.80. The molecule has 100 valence electrons. The van der Waals surface area contributed by atoms with Crippen LogP contribution in [-0.4, -0.2) is 27.0 Å². The molecule has 1 aromatic rings. The van der Waals surface area contributed by atoms with Gasteiger partial charge in [0.1, 0.15) is 5.82 Å². The predicted molar refractivity (Wildman–Crippen MR) is 70.3 cm³/mol. The van der Waals surface area contributed by atoms with Gasteiger partial charge in [-0.2, -0.15) is 0 Å². The normalized spacial score (nSPS) is 24.4. The van der Waals surface area contributed by atoms with Gasteiger partial charge in [-0.3, -0.25) is 0 Å². The van der Waals surface area contributed by atoms with Crippen molar-refractivity contribution < 1.29 is 12.8 Å². The monoisotopic (exact) mass is 336 g/mol. The largest absolute Gasteiger partial charge is 0.315 e. The Morgan fingerprint density at radius 3 is 2.78 bits per heavy atom. The second-order valence-electron chi connectivity index (χ2n) is 4.67. The highest BCUT2D eigenvalue weighted by Gasteiger charge is 2.34. The molecule has 0 amide bonds. The lowest BCUT2D eigenvalue weighted by atomic mass is 10.0. The molecule has 1 aromatic carbocycles. The second kappa shape index (κ2) is 4.88. The smallest absolute Gasteiger partial charge is 0.242 e. The van der Waals surface area contributed by atoms with Crippen LogP contribution in [-0.2, 0) is 10.0 Å². The molecule has 0 bridgehead atoms. The Kier molecular flexibility index (Phi) is 3.77. The Labute approximate surface area is 114 Å². The molecule has 0 aliphatic carbocycles. The Bertz CT molecular complexity index is 556. The summed E-state index contributed by atoms with van der Waals surface area (Å²) in [6.45, 7) is 3.22. The van der Waals surface area contributed by atoms with E-state index in [9.17, 15) is 12.8 Å². The van der Waals surface area contributed by atoms with Crippen LogP contribution in [0.4, 0.5) is 4.39 Å². The molecule has 1 fully saturated rings. The van der Waals surface area contributed by atoms with E-state index in [1.54, 1.807) is 0 Å². The molecule has 1 saturated heterocycles. The first-order valence-electron chi connectivity index (χ1n) is 5.52. The molecule has 1 atom stereocenters. The van der Waals surface area contributed by atoms with Crippen molar-refractivity contribution in [3.8, 4) is 0 Å². The second-order valence-corrected chi connectivity index (χ2v) is 7.17. The average molecular weight is 337 g/mol. The third-order valence-electron chi connectivity index (χ3n) is 2.93. The zero-order chi connectivity index (χ0) is 13.4. The fourth-order valence-corrected chi connectivity index (χ4v) is 4.46. The molecule has 1 aliphatic rings. The highest BCUT2D eigenvalue weighted by molar-refractivity contribution is 9.10. The van der Waals surface area contributed by atoms with Crippen molar-refractivity contribution >= 4 is 26.0 Å². The van der Waals surface area contributed by atoms with Gasteiger partial charge in [-0.05, 0) is 54.0 Å². The molecule has 4 nitrogen and oxygen atoms in total. The highest BCUT2D eigenvalue weighted by Crippen LogP contribution is 2.25. The summed E-state index contributed by atoms with van der Waals surface area (Å²) in [6, 6.07) is 3.53. The summed E-state index contributed by atoms with van der Waals surface area (Å²) < 4.78 is 40.3. The van der Waals surface area contributed by atoms with E-state index in [4.69, 9.17) is 0 Å². The van der Waals surface area contributed by atoms with Crippen molar-refractivity contribution in [3.05, 3.63) is 28.5 Å². The summed E-state index contributed by atoms with van der Waals surface area (Å²) in [5.41, 5.74) is -0.493. The van der Waals surface area contributed by atoms with Crippen LogP contribution in [0.25, 0.3) is 0 Å². The molecule has 0 aromatic heterocycles. The number of hydrogen-bond acceptors (Lipinski definition) is 3. The van der Waals surface area contributed by atoms with Crippen LogP contribution in [0.1, 0.15) is 13.3 Å². The standard InChI is InChI=1S/C11H14BrFN2O2S/c1-11(4-5-14-7-11)15-18(16,17)10-3-2-8(13)6-9(10)12/h2-3,6,14-15H,4-5,7H2,1H3. The van der Waals surface area contributed by atoms with Gasteiger partial charge in [-0.25, -0.2) is 17.5 Å². The highest BCUT2D eigenvalue weighted by atomic mass is 79.9. The Balaban J connectivity index is 2.30. The third kappa shape index (κ3) is 2.90. The van der Waals surface area contributed by atoms with Crippen molar-refractivity contribution in [2.75, 3.05) is 13.1 Å². The van der Waals surface area contributed by atoms with Crippen LogP contribution in [0.2, 0.25) is 0 Å². The fourth-order valence-electron chi connectivity index (χ4n) is 1.98. The van der Waals surface area contributed by atoms with E-state index in [-0.39, 0.29) is 9.37 Å². The van der Waals surface area contributed by atoms with Gasteiger partial charge in [0.05, 0.1) is 4.90 Å². The van der Waals surface area contributed by atoms with Gasteiger partial charge in [0.25, 0.3) is 0 Å². The summed E-state index contributed by atoms with van der Waals surface area (Å²) in [6.07, 6.45) is 0.727. The van der Waals surface area contributed by atoms with Crippen LogP contribution in [0.15, 0.2) is 27.6 Å². The van der Waals surface area contributed by atoms with Gasteiger partial charge in [-0.1, -0.05) is 0 Å². The van der Waals surface area contributed by atoms with Gasteiger partial charge in [0.15, 0.2) is 0 Å². The lowest BCUT2D eigenvalue weighted by Gasteiger charge is -2.24. The molecule has 18 heavy (non-hydrogen) atoms. The molecular formula is C11H14BrFN2O2S. The van der Waals surface area contributed by atoms with Crippen LogP contribution in [0.3, 0.4) is 0 Å². The van der Waals surface area contributed by atoms with Crippen molar-refractivity contribution in [2.24, 2.45) is 0 Å². The molecule has 0 radical (unpaired) electrons. The topological polar surface area (TPSA) is 58.2 Å². The molecule has 1 unspecified atom stereocenters. The zero-order valence-electron chi connectivity index (χ0n) is 9.83. The van der Waals surface area contributed by atoms with E-state index < -0.39 is 21.4 Å². The number of nitrogens with one attached hydrogen (secondary N) is 2. The lowest BCUT2D eigenvalue weighted by molar-refractivity contribution is 0.451. The Morgan fingerprint density at radius 2 is 2.22 bits per heavy atom. The van der Waals surface area contributed by atoms with Crippen LogP contribution >= 0.6 is 15.9 Å². The van der Waals surface area contributed by atoms with E-state index in [1.807, 2.05) is 6.92 Å². The number of hydrogen-bond donors (Lipinski definition) is 2. The van der Waals surface area contributed by atoms with E-state index in [1.165, 1.54) is 6.07 Å². The van der Waals surface area contributed by atoms with Gasteiger partial charge < -0.3 is 5.32 Å². The quantitative estimate of drug-likeness (QED) is 0.881. The maximum Gasteiger partial charge on any atom is 0.242 e. The maximum absolute atomic E-state index is 13.0. The van der Waals surface area contributed by atoms with Crippen LogP contribution in [0, 0.1) is 5.82 Å². The third-order valence-corrected chi connectivity index (χ3v) is 5.55. The number of benzene rings is 1. The molecule has 1 heterocycles. The molecule has 7 heteroatoms. The van der Waals surface area contributed by atoms with Gasteiger partial charge in [0, 0.05) is 16.6 Å². The summed E-state index contributed by atoms with van der Waals surface area (Å²) in [5, 5.41) is 3.11. The molecule has 0 saturated carbocycles. The van der Waals surface area contributed by atoms with Gasteiger partial charge in [-0.15, -0.1) is 0 Å². The first kappa shape index (κ1) is 13.9. The molecular weight excluding hydrogens is 323 g/mol. The van der Waals surface area contributed by atoms with Crippen LogP contribution in [0.5, 0.6) is 0 Å². The van der Waals surface area contributed by atoms with Crippen molar-refractivity contribution in [1.29, 1.82) is 0 Å². The minimum atomic E-state index is -3.65. The molecule has 0 spiro atoms. The van der Waals surface area contributed by atoms with Gasteiger partial charge >= 0.3 is 0 Å². The van der Waals surface area contributed by atoms with Crippen LogP contribution < -0.4 is 10.0 Å². The number of sulfonamides is 1. The lowest BCUT2D eigenvalue weighted by Crippen LogP contribution is -2.47. The van der Waals surface area contributed by atoms with Crippen molar-refractivity contribution in [3.63, 3.8) is 0 Å². The minimum absolute atomic E-state index is 0.0528. The minimum Gasteiger partial charge on any atom is -0.315 e.